The fraction of sp³-hybridized carbons (Fsp3) is 0.440. The third kappa shape index (κ3) is 6.43. The Labute approximate surface area is 202 Å². The lowest BCUT2D eigenvalue weighted by atomic mass is 10.1. The van der Waals surface area contributed by atoms with Gasteiger partial charge in [-0.25, -0.2) is 8.42 Å². The molecule has 1 heterocycles. The van der Waals surface area contributed by atoms with Crippen LogP contribution in [-0.2, 0) is 26.0 Å². The number of sulfonamides is 1. The van der Waals surface area contributed by atoms with Gasteiger partial charge in [0.2, 0.25) is 21.8 Å². The van der Waals surface area contributed by atoms with E-state index < -0.39 is 10.0 Å². The molecule has 3 rings (SSSR count). The molecule has 34 heavy (non-hydrogen) atoms. The lowest BCUT2D eigenvalue weighted by Gasteiger charge is -2.34. The SMILES string of the molecule is CCN(CC)S(=O)(=O)c1ccc(NC(=O)CN2CCN(C(=O)Cc3ccccc3C)CC2)cc1. The molecule has 1 N–H and O–H groups in total. The summed E-state index contributed by atoms with van der Waals surface area (Å²) in [7, 11) is -3.52. The first kappa shape index (κ1) is 25.9. The molecule has 1 aliphatic heterocycles. The highest BCUT2D eigenvalue weighted by atomic mass is 32.2. The number of nitrogens with zero attached hydrogens (tertiary/aromatic N) is 3. The van der Waals surface area contributed by atoms with Crippen LogP contribution in [0.15, 0.2) is 53.4 Å². The molecule has 0 unspecified atom stereocenters. The summed E-state index contributed by atoms with van der Waals surface area (Å²) >= 11 is 0. The minimum Gasteiger partial charge on any atom is -0.340 e. The largest absolute Gasteiger partial charge is 0.340 e. The maximum atomic E-state index is 12.7. The van der Waals surface area contributed by atoms with Crippen LogP contribution in [0.25, 0.3) is 0 Å². The van der Waals surface area contributed by atoms with Gasteiger partial charge in [0, 0.05) is 45.0 Å². The summed E-state index contributed by atoms with van der Waals surface area (Å²) in [6, 6.07) is 14.2. The first-order chi connectivity index (χ1) is 16.2. The first-order valence-electron chi connectivity index (χ1n) is 11.7. The van der Waals surface area contributed by atoms with Crippen molar-refractivity contribution in [1.29, 1.82) is 0 Å². The average molecular weight is 487 g/mol. The molecule has 9 heteroatoms. The van der Waals surface area contributed by atoms with Crippen molar-refractivity contribution in [2.45, 2.75) is 32.1 Å². The van der Waals surface area contributed by atoms with E-state index in [9.17, 15) is 18.0 Å². The third-order valence-corrected chi connectivity index (χ3v) is 8.24. The van der Waals surface area contributed by atoms with E-state index in [1.807, 2.05) is 41.0 Å². The van der Waals surface area contributed by atoms with Crippen LogP contribution in [0.3, 0.4) is 0 Å². The van der Waals surface area contributed by atoms with Crippen LogP contribution >= 0.6 is 0 Å². The van der Waals surface area contributed by atoms with E-state index in [0.29, 0.717) is 51.4 Å². The number of hydrogen-bond donors (Lipinski definition) is 1. The summed E-state index contributed by atoms with van der Waals surface area (Å²) in [6.07, 6.45) is 0.396. The average Bonchev–Trinajstić information content (AvgIpc) is 2.82. The summed E-state index contributed by atoms with van der Waals surface area (Å²) in [5.41, 5.74) is 2.71. The molecule has 0 saturated carbocycles. The number of benzene rings is 2. The van der Waals surface area contributed by atoms with Gasteiger partial charge in [0.1, 0.15) is 0 Å². The zero-order valence-corrected chi connectivity index (χ0v) is 21.0. The van der Waals surface area contributed by atoms with E-state index in [1.165, 1.54) is 16.4 Å². The number of carbonyl (C=O) groups is 2. The third-order valence-electron chi connectivity index (χ3n) is 6.18. The molecule has 0 aliphatic carbocycles. The summed E-state index contributed by atoms with van der Waals surface area (Å²) in [6.45, 7) is 9.10. The molecule has 2 aromatic carbocycles. The highest BCUT2D eigenvalue weighted by Crippen LogP contribution is 2.18. The predicted molar refractivity (Wildman–Crippen MR) is 133 cm³/mol. The Bertz CT molecular complexity index is 1090. The van der Waals surface area contributed by atoms with Crippen molar-refractivity contribution in [3.8, 4) is 0 Å². The number of anilines is 1. The van der Waals surface area contributed by atoms with Crippen molar-refractivity contribution in [1.82, 2.24) is 14.1 Å². The van der Waals surface area contributed by atoms with Crippen LogP contribution in [0.2, 0.25) is 0 Å². The number of nitrogens with one attached hydrogen (secondary N) is 1. The van der Waals surface area contributed by atoms with Gasteiger partial charge in [-0.05, 0) is 42.3 Å². The fourth-order valence-electron chi connectivity index (χ4n) is 4.06. The van der Waals surface area contributed by atoms with E-state index >= 15 is 0 Å². The molecule has 0 aromatic heterocycles. The van der Waals surface area contributed by atoms with Crippen molar-refractivity contribution in [2.24, 2.45) is 0 Å². The van der Waals surface area contributed by atoms with Gasteiger partial charge in [0.15, 0.2) is 0 Å². The number of aryl methyl sites for hydroxylation is 1. The van der Waals surface area contributed by atoms with E-state index in [0.717, 1.165) is 11.1 Å². The molecular weight excluding hydrogens is 452 g/mol. The van der Waals surface area contributed by atoms with Gasteiger partial charge in [-0.3, -0.25) is 14.5 Å². The number of rotatable bonds is 9. The smallest absolute Gasteiger partial charge is 0.243 e. The van der Waals surface area contributed by atoms with Crippen LogP contribution in [-0.4, -0.2) is 80.2 Å². The van der Waals surface area contributed by atoms with Crippen LogP contribution in [0.4, 0.5) is 5.69 Å². The predicted octanol–water partition coefficient (Wildman–Crippen LogP) is 2.35. The molecular formula is C25H34N4O4S. The van der Waals surface area contributed by atoms with E-state index in [-0.39, 0.29) is 23.3 Å². The minimum absolute atomic E-state index is 0.109. The van der Waals surface area contributed by atoms with Crippen LogP contribution in [0, 0.1) is 6.92 Å². The molecule has 1 aliphatic rings. The van der Waals surface area contributed by atoms with Crippen molar-refractivity contribution < 1.29 is 18.0 Å². The Morgan fingerprint density at radius 1 is 0.941 bits per heavy atom. The second-order valence-electron chi connectivity index (χ2n) is 8.42. The summed E-state index contributed by atoms with van der Waals surface area (Å²) in [5, 5.41) is 2.83. The van der Waals surface area contributed by atoms with E-state index in [4.69, 9.17) is 0 Å². The molecule has 2 aromatic rings. The number of amides is 2. The molecule has 184 valence electrons. The second kappa shape index (κ2) is 11.6. The first-order valence-corrected chi connectivity index (χ1v) is 13.1. The van der Waals surface area contributed by atoms with E-state index in [1.54, 1.807) is 26.0 Å². The van der Waals surface area contributed by atoms with Gasteiger partial charge in [-0.15, -0.1) is 0 Å². The van der Waals surface area contributed by atoms with Gasteiger partial charge >= 0.3 is 0 Å². The molecule has 0 radical (unpaired) electrons. The van der Waals surface area contributed by atoms with Crippen molar-refractivity contribution in [2.75, 3.05) is 51.1 Å². The van der Waals surface area contributed by atoms with Gasteiger partial charge in [0.25, 0.3) is 0 Å². The van der Waals surface area contributed by atoms with Gasteiger partial charge in [0.05, 0.1) is 17.9 Å². The minimum atomic E-state index is -3.52. The normalized spacial score (nSPS) is 14.9. The summed E-state index contributed by atoms with van der Waals surface area (Å²) < 4.78 is 26.6. The number of piperazine rings is 1. The Morgan fingerprint density at radius 2 is 1.56 bits per heavy atom. The monoisotopic (exact) mass is 486 g/mol. The molecule has 1 saturated heterocycles. The van der Waals surface area contributed by atoms with Crippen LogP contribution in [0.1, 0.15) is 25.0 Å². The maximum absolute atomic E-state index is 12.7. The zero-order chi connectivity index (χ0) is 24.7. The molecule has 0 spiro atoms. The molecule has 1 fully saturated rings. The maximum Gasteiger partial charge on any atom is 0.243 e. The number of carbonyl (C=O) groups excluding carboxylic acids is 2. The topological polar surface area (TPSA) is 90.0 Å². The molecule has 0 atom stereocenters. The summed E-state index contributed by atoms with van der Waals surface area (Å²) in [4.78, 5) is 29.2. The zero-order valence-electron chi connectivity index (χ0n) is 20.2. The molecule has 0 bridgehead atoms. The Morgan fingerprint density at radius 3 is 2.15 bits per heavy atom. The van der Waals surface area contributed by atoms with Gasteiger partial charge in [-0.2, -0.15) is 4.31 Å². The fourth-order valence-corrected chi connectivity index (χ4v) is 5.52. The van der Waals surface area contributed by atoms with Crippen LogP contribution < -0.4 is 5.32 Å². The lowest BCUT2D eigenvalue weighted by Crippen LogP contribution is -2.50. The van der Waals surface area contributed by atoms with Crippen molar-refractivity contribution >= 4 is 27.5 Å². The second-order valence-corrected chi connectivity index (χ2v) is 10.4. The Kier molecular flexibility index (Phi) is 8.82. The van der Waals surface area contributed by atoms with Crippen molar-refractivity contribution in [3.05, 3.63) is 59.7 Å². The van der Waals surface area contributed by atoms with Crippen molar-refractivity contribution in [3.63, 3.8) is 0 Å². The lowest BCUT2D eigenvalue weighted by molar-refractivity contribution is -0.132. The standard InChI is InChI=1S/C25H34N4O4S/c1-4-29(5-2)34(32,33)23-12-10-22(11-13-23)26-24(30)19-27-14-16-28(17-15-27)25(31)18-21-9-7-6-8-20(21)3/h6-13H,4-5,14-19H2,1-3H3,(H,26,30). The summed E-state index contributed by atoms with van der Waals surface area (Å²) in [5.74, 6) is -0.0582. The van der Waals surface area contributed by atoms with Crippen LogP contribution in [0.5, 0.6) is 0 Å². The molecule has 8 nitrogen and oxygen atoms in total. The van der Waals surface area contributed by atoms with E-state index in [2.05, 4.69) is 5.32 Å². The van der Waals surface area contributed by atoms with Gasteiger partial charge in [-0.1, -0.05) is 38.1 Å². The number of hydrogen-bond acceptors (Lipinski definition) is 5. The highest BCUT2D eigenvalue weighted by molar-refractivity contribution is 7.89. The molecule has 2 amide bonds. The quantitative estimate of drug-likeness (QED) is 0.588. The van der Waals surface area contributed by atoms with Gasteiger partial charge < -0.3 is 10.2 Å². The highest BCUT2D eigenvalue weighted by Gasteiger charge is 2.24. The Balaban J connectivity index is 1.47. The Hall–Kier alpha value is -2.75.